The molecule has 0 radical (unpaired) electrons. The Bertz CT molecular complexity index is 669. The van der Waals surface area contributed by atoms with Crippen LogP contribution in [0.4, 0.5) is 0 Å². The quantitative estimate of drug-likeness (QED) is 0.409. The molecule has 0 amide bonds. The van der Waals surface area contributed by atoms with E-state index in [9.17, 15) is 0 Å². The molecule has 0 heterocycles. The predicted octanol–water partition coefficient (Wildman–Crippen LogP) is 5.96. The molecule has 2 aromatic rings. The van der Waals surface area contributed by atoms with Crippen molar-refractivity contribution in [2.24, 2.45) is 0 Å². The summed E-state index contributed by atoms with van der Waals surface area (Å²) in [7, 11) is 0. The second-order valence-electron chi connectivity index (χ2n) is 5.84. The van der Waals surface area contributed by atoms with Crippen molar-refractivity contribution in [3.63, 3.8) is 0 Å². The van der Waals surface area contributed by atoms with Crippen molar-refractivity contribution >= 4 is 52.3 Å². The van der Waals surface area contributed by atoms with Crippen molar-refractivity contribution in [2.75, 3.05) is 26.2 Å². The van der Waals surface area contributed by atoms with E-state index in [1.165, 1.54) is 0 Å². The van der Waals surface area contributed by atoms with E-state index in [1.807, 2.05) is 36.4 Å². The normalized spacial score (nSPS) is 10.3. The molecule has 0 aliphatic carbocycles. The van der Waals surface area contributed by atoms with Gasteiger partial charge in [-0.25, -0.2) is 0 Å². The number of likely N-dealkylation sites (N-methyl/N-ethyl adjacent to an activating group) is 1. The Kier molecular flexibility index (Phi) is 14.2. The lowest BCUT2D eigenvalue weighted by molar-refractivity contribution is 0.296. The lowest BCUT2D eigenvalue weighted by Crippen LogP contribution is -2.31. The summed E-state index contributed by atoms with van der Waals surface area (Å²) in [5, 5.41) is 4.24. The van der Waals surface area contributed by atoms with Gasteiger partial charge in [-0.05, 0) is 37.4 Å². The number of nitrogens with zero attached hydrogens (tertiary/aromatic N) is 1. The fourth-order valence-corrected chi connectivity index (χ4v) is 3.20. The smallest absolute Gasteiger partial charge is 0.124 e. The highest BCUT2D eigenvalue weighted by atomic mass is 79.9. The van der Waals surface area contributed by atoms with Gasteiger partial charge in [0.2, 0.25) is 0 Å². The minimum absolute atomic E-state index is 0. The molecule has 0 bridgehead atoms. The lowest BCUT2D eigenvalue weighted by Gasteiger charge is -2.18. The Labute approximate surface area is 188 Å². The van der Waals surface area contributed by atoms with Gasteiger partial charge in [-0.3, -0.25) is 0 Å². The molecule has 0 atom stereocenters. The van der Waals surface area contributed by atoms with E-state index in [0.717, 1.165) is 59.1 Å². The van der Waals surface area contributed by atoms with E-state index >= 15 is 0 Å². The van der Waals surface area contributed by atoms with Crippen LogP contribution < -0.4 is 10.1 Å². The standard InChI is InChI=1S/C20H26BrClN2O.2ClH/c1-3-24(4-2)12-11-23-14-17-13-18(21)9-10-20(17)25-15-16-7-5-6-8-19(16)22;;/h5-10,13,23H,3-4,11-12,14-15H2,1-2H3;2*1H. The number of hydrogen-bond acceptors (Lipinski definition) is 3. The van der Waals surface area contributed by atoms with Crippen LogP contribution in [0, 0.1) is 0 Å². The fraction of sp³-hybridized carbons (Fsp3) is 0.400. The van der Waals surface area contributed by atoms with Gasteiger partial charge >= 0.3 is 0 Å². The van der Waals surface area contributed by atoms with Gasteiger partial charge in [0.1, 0.15) is 12.4 Å². The van der Waals surface area contributed by atoms with Crippen LogP contribution >= 0.6 is 52.3 Å². The first-order valence-corrected chi connectivity index (χ1v) is 9.88. The summed E-state index contributed by atoms with van der Waals surface area (Å²) >= 11 is 9.76. The molecule has 27 heavy (non-hydrogen) atoms. The first kappa shape index (κ1) is 26.5. The van der Waals surface area contributed by atoms with Gasteiger partial charge in [0.25, 0.3) is 0 Å². The van der Waals surface area contributed by atoms with E-state index in [4.69, 9.17) is 16.3 Å². The highest BCUT2D eigenvalue weighted by Gasteiger charge is 2.07. The summed E-state index contributed by atoms with van der Waals surface area (Å²) in [5.74, 6) is 0.887. The van der Waals surface area contributed by atoms with Crippen molar-refractivity contribution in [1.29, 1.82) is 0 Å². The molecule has 152 valence electrons. The third-order valence-electron chi connectivity index (χ3n) is 4.18. The molecule has 0 saturated carbocycles. The molecule has 3 nitrogen and oxygen atoms in total. The highest BCUT2D eigenvalue weighted by molar-refractivity contribution is 9.10. The first-order chi connectivity index (χ1) is 12.1. The Morgan fingerprint density at radius 1 is 1.04 bits per heavy atom. The molecule has 0 fully saturated rings. The molecule has 0 unspecified atom stereocenters. The van der Waals surface area contributed by atoms with Crippen LogP contribution in [0.5, 0.6) is 5.75 Å². The van der Waals surface area contributed by atoms with Gasteiger partial charge < -0.3 is 15.0 Å². The summed E-state index contributed by atoms with van der Waals surface area (Å²) < 4.78 is 7.08. The number of rotatable bonds is 10. The summed E-state index contributed by atoms with van der Waals surface area (Å²) in [5.41, 5.74) is 2.13. The van der Waals surface area contributed by atoms with Gasteiger partial charge in [0, 0.05) is 40.3 Å². The molecule has 2 aromatic carbocycles. The summed E-state index contributed by atoms with van der Waals surface area (Å²) in [6.07, 6.45) is 0. The number of nitrogens with one attached hydrogen (secondary N) is 1. The predicted molar refractivity (Wildman–Crippen MR) is 124 cm³/mol. The molecule has 7 heteroatoms. The third-order valence-corrected chi connectivity index (χ3v) is 5.04. The van der Waals surface area contributed by atoms with Crippen LogP contribution in [0.15, 0.2) is 46.9 Å². The Hall–Kier alpha value is -0.490. The van der Waals surface area contributed by atoms with E-state index in [-0.39, 0.29) is 24.8 Å². The van der Waals surface area contributed by atoms with Crippen molar-refractivity contribution in [3.8, 4) is 5.75 Å². The average Bonchev–Trinajstić information content (AvgIpc) is 2.62. The molecule has 0 aromatic heterocycles. The van der Waals surface area contributed by atoms with E-state index < -0.39 is 0 Å². The zero-order valence-corrected chi connectivity index (χ0v) is 19.7. The molecule has 0 aliphatic rings. The monoisotopic (exact) mass is 496 g/mol. The maximum atomic E-state index is 6.21. The molecule has 0 saturated heterocycles. The first-order valence-electron chi connectivity index (χ1n) is 8.71. The molecular formula is C20H28BrCl3N2O. The summed E-state index contributed by atoms with van der Waals surface area (Å²) in [6.45, 7) is 9.81. The van der Waals surface area contributed by atoms with Crippen LogP contribution in [0.3, 0.4) is 0 Å². The van der Waals surface area contributed by atoms with E-state index in [2.05, 4.69) is 46.1 Å². The number of ether oxygens (including phenoxy) is 1. The van der Waals surface area contributed by atoms with Crippen LogP contribution in [0.25, 0.3) is 0 Å². The van der Waals surface area contributed by atoms with Crippen molar-refractivity contribution in [3.05, 3.63) is 63.1 Å². The zero-order valence-electron chi connectivity index (χ0n) is 15.7. The van der Waals surface area contributed by atoms with Crippen molar-refractivity contribution in [2.45, 2.75) is 27.0 Å². The maximum absolute atomic E-state index is 6.21. The van der Waals surface area contributed by atoms with Gasteiger partial charge in [-0.1, -0.05) is 59.6 Å². The van der Waals surface area contributed by atoms with Crippen LogP contribution in [0.2, 0.25) is 5.02 Å². The summed E-state index contributed by atoms with van der Waals surface area (Å²) in [4.78, 5) is 2.41. The maximum Gasteiger partial charge on any atom is 0.124 e. The Morgan fingerprint density at radius 2 is 1.74 bits per heavy atom. The van der Waals surface area contributed by atoms with Crippen molar-refractivity contribution < 1.29 is 4.74 Å². The second-order valence-corrected chi connectivity index (χ2v) is 7.16. The fourth-order valence-electron chi connectivity index (χ4n) is 2.60. The largest absolute Gasteiger partial charge is 0.489 e. The molecule has 0 spiro atoms. The van der Waals surface area contributed by atoms with Gasteiger partial charge in [0.15, 0.2) is 0 Å². The molecule has 1 N–H and O–H groups in total. The average molecular weight is 499 g/mol. The van der Waals surface area contributed by atoms with E-state index in [0.29, 0.717) is 6.61 Å². The highest BCUT2D eigenvalue weighted by Crippen LogP contribution is 2.25. The van der Waals surface area contributed by atoms with Crippen LogP contribution in [-0.4, -0.2) is 31.1 Å². The SMILES string of the molecule is CCN(CC)CCNCc1cc(Br)ccc1OCc1ccccc1Cl.Cl.Cl. The zero-order chi connectivity index (χ0) is 18.1. The van der Waals surface area contributed by atoms with Gasteiger partial charge in [0.05, 0.1) is 0 Å². The Balaban J connectivity index is 0.00000338. The molecule has 2 rings (SSSR count). The van der Waals surface area contributed by atoms with Gasteiger partial charge in [-0.2, -0.15) is 0 Å². The van der Waals surface area contributed by atoms with Gasteiger partial charge in [-0.15, -0.1) is 24.8 Å². The minimum Gasteiger partial charge on any atom is -0.489 e. The number of halogens is 4. The Morgan fingerprint density at radius 3 is 2.41 bits per heavy atom. The molecular weight excluding hydrogens is 470 g/mol. The molecule has 0 aliphatic heterocycles. The number of benzene rings is 2. The second kappa shape index (κ2) is 14.5. The lowest BCUT2D eigenvalue weighted by atomic mass is 10.2. The van der Waals surface area contributed by atoms with Crippen LogP contribution in [0.1, 0.15) is 25.0 Å². The summed E-state index contributed by atoms with van der Waals surface area (Å²) in [6, 6.07) is 13.9. The van der Waals surface area contributed by atoms with Crippen molar-refractivity contribution in [1.82, 2.24) is 10.2 Å². The number of hydrogen-bond donors (Lipinski definition) is 1. The van der Waals surface area contributed by atoms with Crippen LogP contribution in [-0.2, 0) is 13.2 Å². The van der Waals surface area contributed by atoms with E-state index in [1.54, 1.807) is 0 Å². The minimum atomic E-state index is 0. The topological polar surface area (TPSA) is 24.5 Å². The third kappa shape index (κ3) is 9.03.